The molecule has 1 fully saturated rings. The number of hydrogen-bond acceptors (Lipinski definition) is 4. The van der Waals surface area contributed by atoms with E-state index in [4.69, 9.17) is 4.74 Å². The van der Waals surface area contributed by atoms with Crippen LogP contribution in [0.5, 0.6) is 5.75 Å². The first kappa shape index (κ1) is 24.3. The summed E-state index contributed by atoms with van der Waals surface area (Å²) in [6.07, 6.45) is 1.74. The molecule has 0 saturated carbocycles. The van der Waals surface area contributed by atoms with Gasteiger partial charge in [0.25, 0.3) is 5.91 Å². The van der Waals surface area contributed by atoms with Crippen LogP contribution in [-0.4, -0.2) is 38.8 Å². The third kappa shape index (κ3) is 4.84. The van der Waals surface area contributed by atoms with Gasteiger partial charge in [0.15, 0.2) is 0 Å². The van der Waals surface area contributed by atoms with Crippen molar-refractivity contribution in [1.29, 1.82) is 0 Å². The lowest BCUT2D eigenvalue weighted by atomic mass is 9.93. The fraction of sp³-hybridized carbons (Fsp3) is 0.480. The number of rotatable bonds is 7. The molecule has 1 aliphatic rings. The summed E-state index contributed by atoms with van der Waals surface area (Å²) in [4.78, 5) is 13.3. The zero-order chi connectivity index (χ0) is 23.6. The number of sulfonamides is 1. The van der Waals surface area contributed by atoms with Gasteiger partial charge in [-0.2, -0.15) is 4.31 Å². The van der Waals surface area contributed by atoms with Crippen LogP contribution in [0.3, 0.4) is 0 Å². The van der Waals surface area contributed by atoms with Crippen LogP contribution < -0.4 is 10.1 Å². The third-order valence-electron chi connectivity index (χ3n) is 6.19. The van der Waals surface area contributed by atoms with Crippen LogP contribution in [0.1, 0.15) is 78.2 Å². The van der Waals surface area contributed by atoms with Crippen LogP contribution in [-0.2, 0) is 10.0 Å². The summed E-state index contributed by atoms with van der Waals surface area (Å²) in [6, 6.07) is 8.73. The van der Waals surface area contributed by atoms with Crippen molar-refractivity contribution in [2.75, 3.05) is 20.2 Å². The van der Waals surface area contributed by atoms with Crippen molar-refractivity contribution in [3.8, 4) is 5.75 Å². The molecule has 0 radical (unpaired) electrons. The predicted molar refractivity (Wildman–Crippen MR) is 127 cm³/mol. The highest BCUT2D eigenvalue weighted by Crippen LogP contribution is 2.32. The van der Waals surface area contributed by atoms with E-state index in [1.165, 1.54) is 10.4 Å². The van der Waals surface area contributed by atoms with Gasteiger partial charge in [-0.15, -0.1) is 0 Å². The number of aryl methyl sites for hydroxylation is 2. The zero-order valence-corrected chi connectivity index (χ0v) is 20.7. The van der Waals surface area contributed by atoms with Gasteiger partial charge in [0.05, 0.1) is 18.0 Å². The molecule has 1 saturated heterocycles. The highest BCUT2D eigenvalue weighted by atomic mass is 32.2. The molecule has 1 N–H and O–H groups in total. The highest BCUT2D eigenvalue weighted by Gasteiger charge is 2.29. The summed E-state index contributed by atoms with van der Waals surface area (Å²) in [5.74, 6) is 0.828. The fourth-order valence-corrected chi connectivity index (χ4v) is 6.02. The van der Waals surface area contributed by atoms with Crippen molar-refractivity contribution >= 4 is 15.9 Å². The van der Waals surface area contributed by atoms with Crippen molar-refractivity contribution in [2.45, 2.75) is 64.3 Å². The summed E-state index contributed by atoms with van der Waals surface area (Å²) in [5, 5.41) is 3.04. The quantitative estimate of drug-likeness (QED) is 0.652. The molecule has 7 heteroatoms. The molecule has 3 rings (SSSR count). The molecular formula is C25H34N2O4S. The Morgan fingerprint density at radius 1 is 1.00 bits per heavy atom. The molecule has 0 aliphatic carbocycles. The minimum Gasteiger partial charge on any atom is -0.496 e. The molecular weight excluding hydrogens is 424 g/mol. The van der Waals surface area contributed by atoms with Crippen molar-refractivity contribution in [2.24, 2.45) is 0 Å². The summed E-state index contributed by atoms with van der Waals surface area (Å²) >= 11 is 0. The van der Waals surface area contributed by atoms with Gasteiger partial charge < -0.3 is 10.1 Å². The van der Waals surface area contributed by atoms with Crippen molar-refractivity contribution in [3.63, 3.8) is 0 Å². The van der Waals surface area contributed by atoms with Crippen LogP contribution in [0.15, 0.2) is 35.2 Å². The molecule has 32 heavy (non-hydrogen) atoms. The molecule has 0 spiro atoms. The lowest BCUT2D eigenvalue weighted by Gasteiger charge is -2.21. The maximum absolute atomic E-state index is 13.1. The van der Waals surface area contributed by atoms with E-state index < -0.39 is 10.0 Å². The van der Waals surface area contributed by atoms with Gasteiger partial charge in [0, 0.05) is 18.7 Å². The van der Waals surface area contributed by atoms with E-state index >= 15 is 0 Å². The van der Waals surface area contributed by atoms with Crippen LogP contribution in [0.2, 0.25) is 0 Å². The molecule has 6 nitrogen and oxygen atoms in total. The molecule has 1 atom stereocenters. The first-order chi connectivity index (χ1) is 15.1. The number of nitrogens with zero attached hydrogens (tertiary/aromatic N) is 1. The topological polar surface area (TPSA) is 75.7 Å². The molecule has 0 unspecified atom stereocenters. The van der Waals surface area contributed by atoms with E-state index in [2.05, 4.69) is 25.2 Å². The van der Waals surface area contributed by atoms with Crippen molar-refractivity contribution in [1.82, 2.24) is 9.62 Å². The van der Waals surface area contributed by atoms with Gasteiger partial charge in [-0.05, 0) is 86.1 Å². The smallest absolute Gasteiger partial charge is 0.251 e. The number of nitrogens with one attached hydrogen (secondary N) is 1. The maximum Gasteiger partial charge on any atom is 0.251 e. The predicted octanol–water partition coefficient (Wildman–Crippen LogP) is 4.71. The van der Waals surface area contributed by atoms with Gasteiger partial charge in [-0.3, -0.25) is 4.79 Å². The largest absolute Gasteiger partial charge is 0.496 e. The normalized spacial score (nSPS) is 15.7. The zero-order valence-electron chi connectivity index (χ0n) is 19.9. The van der Waals surface area contributed by atoms with Crippen LogP contribution >= 0.6 is 0 Å². The van der Waals surface area contributed by atoms with E-state index in [0.29, 0.717) is 24.2 Å². The molecule has 2 aromatic carbocycles. The molecule has 1 aliphatic heterocycles. The Labute approximate surface area is 192 Å². The first-order valence-corrected chi connectivity index (χ1v) is 12.6. The molecule has 1 heterocycles. The minimum absolute atomic E-state index is 0.211. The van der Waals surface area contributed by atoms with Crippen LogP contribution in [0, 0.1) is 13.8 Å². The van der Waals surface area contributed by atoms with E-state index in [9.17, 15) is 13.2 Å². The number of benzene rings is 2. The van der Waals surface area contributed by atoms with Crippen LogP contribution in [0.25, 0.3) is 0 Å². The Hall–Kier alpha value is -2.38. The highest BCUT2D eigenvalue weighted by molar-refractivity contribution is 7.89. The first-order valence-electron chi connectivity index (χ1n) is 11.2. The summed E-state index contributed by atoms with van der Waals surface area (Å²) in [6.45, 7) is 11.0. The average molecular weight is 459 g/mol. The third-order valence-corrected chi connectivity index (χ3v) is 8.23. The number of carbonyl (C=O) groups excluding carboxylic acids is 1. The number of hydrogen-bond donors (Lipinski definition) is 1. The molecule has 1 amide bonds. The Morgan fingerprint density at radius 3 is 2.25 bits per heavy atom. The van der Waals surface area contributed by atoms with Crippen molar-refractivity contribution in [3.05, 3.63) is 58.1 Å². The van der Waals surface area contributed by atoms with Crippen LogP contribution in [0.4, 0.5) is 0 Å². The second-order valence-corrected chi connectivity index (χ2v) is 10.8. The second kappa shape index (κ2) is 9.63. The van der Waals surface area contributed by atoms with Crippen molar-refractivity contribution < 1.29 is 17.9 Å². The maximum atomic E-state index is 13.1. The average Bonchev–Trinajstić information content (AvgIpc) is 3.29. The Bertz CT molecular complexity index is 1100. The van der Waals surface area contributed by atoms with E-state index in [-0.39, 0.29) is 22.8 Å². The Balaban J connectivity index is 1.87. The van der Waals surface area contributed by atoms with Gasteiger partial charge in [0.1, 0.15) is 5.75 Å². The number of amides is 1. The second-order valence-electron chi connectivity index (χ2n) is 8.89. The van der Waals surface area contributed by atoms with Gasteiger partial charge in [-0.1, -0.05) is 19.9 Å². The molecule has 0 aromatic heterocycles. The lowest BCUT2D eigenvalue weighted by molar-refractivity contribution is 0.0939. The molecule has 2 aromatic rings. The fourth-order valence-electron chi connectivity index (χ4n) is 4.25. The van der Waals surface area contributed by atoms with E-state index in [0.717, 1.165) is 35.3 Å². The monoisotopic (exact) mass is 458 g/mol. The Morgan fingerprint density at radius 2 is 1.66 bits per heavy atom. The Kier molecular flexibility index (Phi) is 7.30. The minimum atomic E-state index is -3.60. The van der Waals surface area contributed by atoms with Gasteiger partial charge >= 0.3 is 0 Å². The molecule has 0 bridgehead atoms. The number of carbonyl (C=O) groups is 1. The van der Waals surface area contributed by atoms with Gasteiger partial charge in [-0.25, -0.2) is 8.42 Å². The van der Waals surface area contributed by atoms with E-state index in [1.807, 2.05) is 19.9 Å². The summed E-state index contributed by atoms with van der Waals surface area (Å²) < 4.78 is 33.2. The SMILES string of the molecule is COc1cc(C)c([C@@H](C)NC(=O)c2ccc(C)c(S(=O)(=O)N3CCCC3)c2)cc1C(C)C. The van der Waals surface area contributed by atoms with Gasteiger partial charge in [0.2, 0.25) is 10.0 Å². The summed E-state index contributed by atoms with van der Waals surface area (Å²) in [5.41, 5.74) is 4.12. The number of methoxy groups -OCH3 is 1. The summed E-state index contributed by atoms with van der Waals surface area (Å²) in [7, 11) is -1.93. The standard InChI is InChI=1S/C25H34N2O4S/c1-16(2)21-15-22(18(4)13-23(21)31-6)19(5)26-25(28)20-10-9-17(3)24(14-20)32(29,30)27-11-7-8-12-27/h9-10,13-16,19H,7-8,11-12H2,1-6H3,(H,26,28)/t19-/m1/s1. The number of ether oxygens (including phenoxy) is 1. The lowest BCUT2D eigenvalue weighted by Crippen LogP contribution is -2.30. The molecule has 174 valence electrons. The van der Waals surface area contributed by atoms with E-state index in [1.54, 1.807) is 26.2 Å².